The van der Waals surface area contributed by atoms with Gasteiger partial charge in [-0.25, -0.2) is 0 Å². The minimum atomic E-state index is -3.36. The van der Waals surface area contributed by atoms with E-state index >= 15 is 0 Å². The third-order valence-corrected chi connectivity index (χ3v) is 5.36. The van der Waals surface area contributed by atoms with Crippen LogP contribution in [0.4, 0.5) is 0 Å². The zero-order valence-electron chi connectivity index (χ0n) is 11.3. The molecule has 0 amide bonds. The van der Waals surface area contributed by atoms with Gasteiger partial charge in [0.25, 0.3) is 10.2 Å². The molecule has 0 radical (unpaired) electrons. The zero-order chi connectivity index (χ0) is 13.4. The first kappa shape index (κ1) is 15.9. The molecule has 0 spiro atoms. The highest BCUT2D eigenvalue weighted by atomic mass is 32.2. The van der Waals surface area contributed by atoms with Crippen LogP contribution in [-0.4, -0.2) is 54.9 Å². The van der Waals surface area contributed by atoms with Gasteiger partial charge in [0.2, 0.25) is 0 Å². The molecule has 1 saturated heterocycles. The maximum absolute atomic E-state index is 12.4. The fraction of sp³-hybridized carbons (Fsp3) is 1.00. The lowest BCUT2D eigenvalue weighted by Crippen LogP contribution is -2.47. The van der Waals surface area contributed by atoms with Crippen molar-refractivity contribution in [3.05, 3.63) is 0 Å². The summed E-state index contributed by atoms with van der Waals surface area (Å²) >= 11 is 0. The fourth-order valence-corrected chi connectivity index (χ4v) is 3.97. The standard InChI is InChI=1S/C12H26N2O3S/c1-2-3-5-8-14(11-12-15)18(16,17)13-9-6-4-7-10-13/h15H,2-12H2,1H3. The Morgan fingerprint density at radius 1 is 1.11 bits per heavy atom. The molecular weight excluding hydrogens is 252 g/mol. The fourth-order valence-electron chi connectivity index (χ4n) is 2.25. The molecule has 5 nitrogen and oxygen atoms in total. The second-order valence-corrected chi connectivity index (χ2v) is 6.73. The van der Waals surface area contributed by atoms with Crippen LogP contribution in [0.1, 0.15) is 45.4 Å². The minimum absolute atomic E-state index is 0.112. The molecule has 1 aliphatic rings. The molecule has 0 saturated carbocycles. The van der Waals surface area contributed by atoms with Gasteiger partial charge >= 0.3 is 0 Å². The number of hydrogen-bond acceptors (Lipinski definition) is 3. The van der Waals surface area contributed by atoms with Crippen molar-refractivity contribution in [2.24, 2.45) is 0 Å². The summed E-state index contributed by atoms with van der Waals surface area (Å²) in [5, 5.41) is 9.03. The second-order valence-electron chi connectivity index (χ2n) is 4.80. The van der Waals surface area contributed by atoms with Crippen molar-refractivity contribution in [2.75, 3.05) is 32.8 Å². The van der Waals surface area contributed by atoms with Gasteiger partial charge in [-0.15, -0.1) is 0 Å². The van der Waals surface area contributed by atoms with Crippen molar-refractivity contribution in [1.82, 2.24) is 8.61 Å². The van der Waals surface area contributed by atoms with Gasteiger partial charge in [0.05, 0.1) is 6.61 Å². The number of nitrogens with zero attached hydrogens (tertiary/aromatic N) is 2. The van der Waals surface area contributed by atoms with Gasteiger partial charge in [-0.1, -0.05) is 26.2 Å². The van der Waals surface area contributed by atoms with E-state index < -0.39 is 10.2 Å². The predicted octanol–water partition coefficient (Wildman–Crippen LogP) is 1.20. The molecular formula is C12H26N2O3S. The number of unbranched alkanes of at least 4 members (excludes halogenated alkanes) is 2. The third-order valence-electron chi connectivity index (χ3n) is 3.33. The van der Waals surface area contributed by atoms with Gasteiger partial charge in [0, 0.05) is 26.2 Å². The molecule has 18 heavy (non-hydrogen) atoms. The van der Waals surface area contributed by atoms with Crippen molar-refractivity contribution in [3.63, 3.8) is 0 Å². The topological polar surface area (TPSA) is 60.9 Å². The Hall–Kier alpha value is -0.170. The molecule has 0 bridgehead atoms. The van der Waals surface area contributed by atoms with E-state index in [1.165, 1.54) is 4.31 Å². The van der Waals surface area contributed by atoms with E-state index in [-0.39, 0.29) is 13.2 Å². The van der Waals surface area contributed by atoms with Crippen LogP contribution in [0.2, 0.25) is 0 Å². The molecule has 0 aromatic heterocycles. The van der Waals surface area contributed by atoms with Gasteiger partial charge in [-0.3, -0.25) is 0 Å². The lowest BCUT2D eigenvalue weighted by Gasteiger charge is -2.31. The normalized spacial score (nSPS) is 18.4. The summed E-state index contributed by atoms with van der Waals surface area (Å²) in [6.45, 7) is 3.96. The molecule has 108 valence electrons. The number of hydrogen-bond donors (Lipinski definition) is 1. The van der Waals surface area contributed by atoms with E-state index in [0.717, 1.165) is 38.5 Å². The van der Waals surface area contributed by atoms with Crippen molar-refractivity contribution in [3.8, 4) is 0 Å². The Morgan fingerprint density at radius 3 is 2.33 bits per heavy atom. The number of aliphatic hydroxyl groups excluding tert-OH is 1. The van der Waals surface area contributed by atoms with Crippen LogP contribution in [0.25, 0.3) is 0 Å². The number of piperidine rings is 1. The van der Waals surface area contributed by atoms with Gasteiger partial charge in [0.1, 0.15) is 0 Å². The highest BCUT2D eigenvalue weighted by Gasteiger charge is 2.29. The van der Waals surface area contributed by atoms with E-state index in [2.05, 4.69) is 6.92 Å². The Balaban J connectivity index is 2.62. The molecule has 1 rings (SSSR count). The first-order valence-corrected chi connectivity index (χ1v) is 8.38. The Kier molecular flexibility index (Phi) is 7.14. The van der Waals surface area contributed by atoms with Gasteiger partial charge < -0.3 is 5.11 Å². The molecule has 1 heterocycles. The van der Waals surface area contributed by atoms with Crippen LogP contribution in [-0.2, 0) is 10.2 Å². The first-order valence-electron chi connectivity index (χ1n) is 6.99. The maximum Gasteiger partial charge on any atom is 0.282 e. The summed E-state index contributed by atoms with van der Waals surface area (Å²) in [4.78, 5) is 0. The summed E-state index contributed by atoms with van der Waals surface area (Å²) < 4.78 is 27.8. The lowest BCUT2D eigenvalue weighted by molar-refractivity contribution is 0.237. The van der Waals surface area contributed by atoms with Crippen molar-refractivity contribution >= 4 is 10.2 Å². The van der Waals surface area contributed by atoms with E-state index in [9.17, 15) is 8.42 Å². The number of rotatable bonds is 8. The Morgan fingerprint density at radius 2 is 1.78 bits per heavy atom. The van der Waals surface area contributed by atoms with Crippen LogP contribution in [0.15, 0.2) is 0 Å². The molecule has 0 unspecified atom stereocenters. The SMILES string of the molecule is CCCCCN(CCO)S(=O)(=O)N1CCCCC1. The third kappa shape index (κ3) is 4.50. The predicted molar refractivity (Wildman–Crippen MR) is 72.5 cm³/mol. The van der Waals surface area contributed by atoms with Crippen LogP contribution in [0.3, 0.4) is 0 Å². The van der Waals surface area contributed by atoms with Crippen LogP contribution >= 0.6 is 0 Å². The first-order chi connectivity index (χ1) is 8.62. The quantitative estimate of drug-likeness (QED) is 0.679. The van der Waals surface area contributed by atoms with Gasteiger partial charge in [0.15, 0.2) is 0 Å². The van der Waals surface area contributed by atoms with Crippen molar-refractivity contribution in [2.45, 2.75) is 45.4 Å². The largest absolute Gasteiger partial charge is 0.395 e. The molecule has 1 fully saturated rings. The molecule has 6 heteroatoms. The molecule has 0 aromatic carbocycles. The molecule has 0 aromatic rings. The van der Waals surface area contributed by atoms with Crippen LogP contribution in [0, 0.1) is 0 Å². The van der Waals surface area contributed by atoms with E-state index in [1.54, 1.807) is 4.31 Å². The summed E-state index contributed by atoms with van der Waals surface area (Å²) in [6, 6.07) is 0. The monoisotopic (exact) mass is 278 g/mol. The van der Waals surface area contributed by atoms with E-state index in [4.69, 9.17) is 5.11 Å². The molecule has 1 aliphatic heterocycles. The maximum atomic E-state index is 12.4. The summed E-state index contributed by atoms with van der Waals surface area (Å²) in [6.07, 6.45) is 5.96. The van der Waals surface area contributed by atoms with Crippen LogP contribution < -0.4 is 0 Å². The lowest BCUT2D eigenvalue weighted by atomic mass is 10.2. The molecule has 0 aliphatic carbocycles. The highest BCUT2D eigenvalue weighted by molar-refractivity contribution is 7.86. The highest BCUT2D eigenvalue weighted by Crippen LogP contribution is 2.17. The number of aliphatic hydroxyl groups is 1. The van der Waals surface area contributed by atoms with Crippen molar-refractivity contribution in [1.29, 1.82) is 0 Å². The minimum Gasteiger partial charge on any atom is -0.395 e. The van der Waals surface area contributed by atoms with Crippen LogP contribution in [0.5, 0.6) is 0 Å². The molecule has 1 N–H and O–H groups in total. The summed E-state index contributed by atoms with van der Waals surface area (Å²) in [5.41, 5.74) is 0. The second kappa shape index (κ2) is 8.09. The van der Waals surface area contributed by atoms with Gasteiger partial charge in [-0.05, 0) is 19.3 Å². The Bertz CT molecular complexity index is 313. The summed E-state index contributed by atoms with van der Waals surface area (Å²) in [5.74, 6) is 0. The van der Waals surface area contributed by atoms with E-state index in [1.807, 2.05) is 0 Å². The van der Waals surface area contributed by atoms with Gasteiger partial charge in [-0.2, -0.15) is 17.0 Å². The Labute approximate surface area is 111 Å². The van der Waals surface area contributed by atoms with E-state index in [0.29, 0.717) is 19.6 Å². The van der Waals surface area contributed by atoms with Crippen molar-refractivity contribution < 1.29 is 13.5 Å². The smallest absolute Gasteiger partial charge is 0.282 e. The average Bonchev–Trinajstić information content (AvgIpc) is 2.39. The zero-order valence-corrected chi connectivity index (χ0v) is 12.2. The molecule has 0 atom stereocenters. The summed E-state index contributed by atoms with van der Waals surface area (Å²) in [7, 11) is -3.36. The average molecular weight is 278 g/mol.